The lowest BCUT2D eigenvalue weighted by Gasteiger charge is -2.31. The third-order valence-electron chi connectivity index (χ3n) is 9.51. The Morgan fingerprint density at radius 1 is 1.04 bits per heavy atom. The summed E-state index contributed by atoms with van der Waals surface area (Å²) in [5.41, 5.74) is 1.80. The highest BCUT2D eigenvalue weighted by Gasteiger charge is 2.56. The van der Waals surface area contributed by atoms with Crippen molar-refractivity contribution in [3.05, 3.63) is 65.7 Å². The first-order chi connectivity index (χ1) is 21.6. The number of carbonyl (C=O) groups excluding carboxylic acids is 1. The zero-order chi connectivity index (χ0) is 31.7. The van der Waals surface area contributed by atoms with Gasteiger partial charge in [0, 0.05) is 43.7 Å². The first-order valence-electron chi connectivity index (χ1n) is 16.0. The van der Waals surface area contributed by atoms with Crippen LogP contribution in [0.25, 0.3) is 0 Å². The molecular weight excluding hydrogens is 596 g/mol. The van der Waals surface area contributed by atoms with Gasteiger partial charge in [-0.05, 0) is 42.0 Å². The number of aliphatic hydroxyl groups excluding tert-OH is 1. The Labute approximate surface area is 265 Å². The SMILES string of the molecule is CC1=NCC(c2ccc(S(=O)(=O)N(CC(C)C)C[C@@H](O)[C@@H](CC(=O)OC3C4COC5OCC3C5C4)Cc3ccccc3)cc2)O1. The van der Waals surface area contributed by atoms with E-state index < -0.39 is 28.0 Å². The summed E-state index contributed by atoms with van der Waals surface area (Å²) < 4.78 is 52.6. The Morgan fingerprint density at radius 2 is 1.78 bits per heavy atom. The van der Waals surface area contributed by atoms with Crippen molar-refractivity contribution in [3.63, 3.8) is 0 Å². The molecule has 8 atom stereocenters. The largest absolute Gasteiger partial charge is 0.471 e. The molecule has 0 aromatic heterocycles. The van der Waals surface area contributed by atoms with Crippen molar-refractivity contribution in [2.45, 2.75) is 69.5 Å². The van der Waals surface area contributed by atoms with Crippen molar-refractivity contribution in [3.8, 4) is 0 Å². The summed E-state index contributed by atoms with van der Waals surface area (Å²) in [6, 6.07) is 16.3. The average molecular weight is 641 g/mol. The van der Waals surface area contributed by atoms with Crippen molar-refractivity contribution in [2.24, 2.45) is 34.6 Å². The third kappa shape index (κ3) is 7.12. The van der Waals surface area contributed by atoms with E-state index in [9.17, 15) is 18.3 Å². The zero-order valence-corrected chi connectivity index (χ0v) is 27.0. The molecule has 4 aliphatic rings. The summed E-state index contributed by atoms with van der Waals surface area (Å²) in [7, 11) is -3.95. The van der Waals surface area contributed by atoms with Gasteiger partial charge in [0.05, 0.1) is 37.2 Å². The van der Waals surface area contributed by atoms with Crippen LogP contribution >= 0.6 is 0 Å². The van der Waals surface area contributed by atoms with E-state index in [1.807, 2.05) is 44.2 Å². The van der Waals surface area contributed by atoms with Crippen molar-refractivity contribution < 1.29 is 37.3 Å². The number of sulfonamides is 1. The number of hydrogen-bond donors (Lipinski definition) is 1. The Morgan fingerprint density at radius 3 is 2.47 bits per heavy atom. The smallest absolute Gasteiger partial charge is 0.306 e. The van der Waals surface area contributed by atoms with Gasteiger partial charge in [-0.25, -0.2) is 8.42 Å². The predicted molar refractivity (Wildman–Crippen MR) is 167 cm³/mol. The fourth-order valence-electron chi connectivity index (χ4n) is 7.23. The van der Waals surface area contributed by atoms with Crippen LogP contribution in [-0.4, -0.2) is 81.0 Å². The van der Waals surface area contributed by atoms with Crippen LogP contribution < -0.4 is 0 Å². The van der Waals surface area contributed by atoms with Crippen LogP contribution in [0.3, 0.4) is 0 Å². The molecule has 1 N–H and O–H groups in total. The molecule has 6 unspecified atom stereocenters. The van der Waals surface area contributed by atoms with E-state index in [1.54, 1.807) is 31.2 Å². The maximum atomic E-state index is 13.9. The van der Waals surface area contributed by atoms with Gasteiger partial charge in [-0.1, -0.05) is 56.3 Å². The Balaban J connectivity index is 1.17. The monoisotopic (exact) mass is 640 g/mol. The third-order valence-corrected chi connectivity index (χ3v) is 11.4. The summed E-state index contributed by atoms with van der Waals surface area (Å²) in [5, 5.41) is 11.7. The second-order valence-corrected chi connectivity index (χ2v) is 15.2. The van der Waals surface area contributed by atoms with Gasteiger partial charge in [0.1, 0.15) is 12.2 Å². The van der Waals surface area contributed by atoms with E-state index in [2.05, 4.69) is 4.99 Å². The topological polar surface area (TPSA) is 124 Å². The van der Waals surface area contributed by atoms with E-state index in [4.69, 9.17) is 18.9 Å². The van der Waals surface area contributed by atoms with Crippen LogP contribution in [0.15, 0.2) is 64.5 Å². The van der Waals surface area contributed by atoms with Crippen LogP contribution in [0.5, 0.6) is 0 Å². The predicted octanol–water partition coefficient (Wildman–Crippen LogP) is 3.98. The molecule has 10 nitrogen and oxygen atoms in total. The molecule has 0 amide bonds. The van der Waals surface area contributed by atoms with Gasteiger partial charge in [-0.15, -0.1) is 0 Å². The Kier molecular flexibility index (Phi) is 9.63. The maximum absolute atomic E-state index is 13.9. The summed E-state index contributed by atoms with van der Waals surface area (Å²) in [4.78, 5) is 17.9. The van der Waals surface area contributed by atoms with Crippen LogP contribution in [0.2, 0.25) is 0 Å². The molecule has 3 fully saturated rings. The van der Waals surface area contributed by atoms with E-state index in [0.29, 0.717) is 32.1 Å². The molecule has 11 heteroatoms. The standard InChI is InChI=1S/C34H44N2O8S/c1-21(2)17-36(45(39,40)27-11-9-24(10-12-27)31-16-35-22(3)43-31)18-30(37)25(13-23-7-5-4-6-8-23)15-32(38)44-33-26-14-28-29(33)20-42-34(28)41-19-26/h4-12,21,25-26,28-31,33-34,37H,13-20H2,1-3H3/t25-,26?,28?,29?,30-,31?,33?,34?/m1/s1. The van der Waals surface area contributed by atoms with Crippen LogP contribution in [-0.2, 0) is 40.2 Å². The average Bonchev–Trinajstić information content (AvgIpc) is 3.71. The lowest BCUT2D eigenvalue weighted by atomic mass is 9.90. The number of nitrogens with zero attached hydrogens (tertiary/aromatic N) is 2. The van der Waals surface area contributed by atoms with E-state index in [-0.39, 0.29) is 66.6 Å². The molecule has 45 heavy (non-hydrogen) atoms. The van der Waals surface area contributed by atoms with Gasteiger partial charge in [-0.2, -0.15) is 4.31 Å². The fourth-order valence-corrected chi connectivity index (χ4v) is 8.85. The van der Waals surface area contributed by atoms with E-state index in [1.165, 1.54) is 4.31 Å². The first kappa shape index (κ1) is 32.1. The second kappa shape index (κ2) is 13.5. The molecule has 3 aliphatic heterocycles. The molecule has 2 aromatic rings. The number of carbonyl (C=O) groups is 1. The van der Waals surface area contributed by atoms with E-state index >= 15 is 0 Å². The summed E-state index contributed by atoms with van der Waals surface area (Å²) in [5.74, 6) is 0.202. The summed E-state index contributed by atoms with van der Waals surface area (Å²) in [6.45, 7) is 7.28. The lowest BCUT2D eigenvalue weighted by Crippen LogP contribution is -2.43. The van der Waals surface area contributed by atoms with Crippen molar-refractivity contribution in [2.75, 3.05) is 32.8 Å². The van der Waals surface area contributed by atoms with Gasteiger partial charge in [0.25, 0.3) is 0 Å². The molecule has 6 rings (SSSR count). The van der Waals surface area contributed by atoms with Crippen LogP contribution in [0.4, 0.5) is 0 Å². The minimum Gasteiger partial charge on any atom is -0.471 e. The van der Waals surface area contributed by atoms with E-state index in [0.717, 1.165) is 17.5 Å². The fraction of sp³-hybridized carbons (Fsp3) is 0.588. The number of aliphatic imine (C=N–C) groups is 1. The van der Waals surface area contributed by atoms with Gasteiger partial charge < -0.3 is 24.1 Å². The molecule has 2 bridgehead atoms. The second-order valence-electron chi connectivity index (χ2n) is 13.3. The highest BCUT2D eigenvalue weighted by molar-refractivity contribution is 7.89. The van der Waals surface area contributed by atoms with Crippen LogP contribution in [0.1, 0.15) is 50.8 Å². The molecule has 0 spiro atoms. The van der Waals surface area contributed by atoms with Crippen molar-refractivity contribution in [1.29, 1.82) is 0 Å². The molecule has 2 saturated heterocycles. The van der Waals surface area contributed by atoms with Crippen molar-refractivity contribution >= 4 is 21.9 Å². The van der Waals surface area contributed by atoms with Gasteiger partial charge in [0.2, 0.25) is 10.0 Å². The minimum atomic E-state index is -3.95. The molecule has 3 heterocycles. The number of fused-ring (bicyclic) bond motifs is 1. The molecule has 1 saturated carbocycles. The molecular formula is C34H44N2O8S. The maximum Gasteiger partial charge on any atom is 0.306 e. The minimum absolute atomic E-state index is 0.0113. The van der Waals surface area contributed by atoms with Gasteiger partial charge >= 0.3 is 5.97 Å². The van der Waals surface area contributed by atoms with Crippen molar-refractivity contribution in [1.82, 2.24) is 4.31 Å². The number of benzene rings is 2. The number of esters is 1. The lowest BCUT2D eigenvalue weighted by molar-refractivity contribution is -0.178. The number of aliphatic hydroxyl groups is 1. The molecule has 1 aliphatic carbocycles. The molecule has 244 valence electrons. The summed E-state index contributed by atoms with van der Waals surface area (Å²) >= 11 is 0. The quantitative estimate of drug-likeness (QED) is 0.326. The Hall–Kier alpha value is -2.83. The molecule has 2 aromatic carbocycles. The number of ether oxygens (including phenoxy) is 4. The number of rotatable bonds is 13. The van der Waals surface area contributed by atoms with Gasteiger partial charge in [0.15, 0.2) is 12.2 Å². The van der Waals surface area contributed by atoms with Gasteiger partial charge in [-0.3, -0.25) is 9.79 Å². The Bertz CT molecular complexity index is 1460. The normalized spacial score (nSPS) is 28.6. The zero-order valence-electron chi connectivity index (χ0n) is 26.2. The first-order valence-corrected chi connectivity index (χ1v) is 17.4. The highest BCUT2D eigenvalue weighted by Crippen LogP contribution is 2.49. The molecule has 0 radical (unpaired) electrons. The number of hydrogen-bond acceptors (Lipinski definition) is 9. The van der Waals surface area contributed by atoms with Crippen LogP contribution in [0, 0.1) is 29.6 Å². The summed E-state index contributed by atoms with van der Waals surface area (Å²) in [6.07, 6.45) is -0.519. The highest BCUT2D eigenvalue weighted by atomic mass is 32.2.